The lowest BCUT2D eigenvalue weighted by atomic mass is 10.2. The molecule has 0 aromatic heterocycles. The lowest BCUT2D eigenvalue weighted by Crippen LogP contribution is -2.20. The topological polar surface area (TPSA) is 81.5 Å². The predicted molar refractivity (Wildman–Crippen MR) is 87.0 cm³/mol. The van der Waals surface area contributed by atoms with Gasteiger partial charge in [0.2, 0.25) is 5.91 Å². The molecule has 2 rings (SSSR count). The highest BCUT2D eigenvalue weighted by Gasteiger charge is 2.03. The number of nitrogens with zero attached hydrogens (tertiary/aromatic N) is 1. The zero-order chi connectivity index (χ0) is 16.7. The van der Waals surface area contributed by atoms with Crippen LogP contribution >= 0.6 is 0 Å². The number of hydrogen-bond donors (Lipinski definition) is 1. The Labute approximate surface area is 133 Å². The third-order valence-electron chi connectivity index (χ3n) is 3.13. The van der Waals surface area contributed by atoms with Gasteiger partial charge in [-0.2, -0.15) is 0 Å². The molecule has 1 N–H and O–H groups in total. The molecule has 0 saturated heterocycles. The first kappa shape index (κ1) is 16.2. The van der Waals surface area contributed by atoms with Gasteiger partial charge in [-0.3, -0.25) is 14.9 Å². The Hall–Kier alpha value is -3.15. The molecule has 1 amide bonds. The van der Waals surface area contributed by atoms with Crippen molar-refractivity contribution in [2.45, 2.75) is 6.54 Å². The van der Waals surface area contributed by atoms with Gasteiger partial charge in [0.05, 0.1) is 12.0 Å². The Balaban J connectivity index is 1.89. The second-order valence-corrected chi connectivity index (χ2v) is 4.75. The Morgan fingerprint density at radius 1 is 1.26 bits per heavy atom. The van der Waals surface area contributed by atoms with Gasteiger partial charge in [0, 0.05) is 24.8 Å². The molecule has 0 unspecified atom stereocenters. The number of nitrogens with one attached hydrogen (secondary N) is 1. The average Bonchev–Trinajstić information content (AvgIpc) is 2.58. The molecule has 0 saturated carbocycles. The highest BCUT2D eigenvalue weighted by Crippen LogP contribution is 2.13. The summed E-state index contributed by atoms with van der Waals surface area (Å²) in [6.45, 7) is 0.390. The molecule has 0 atom stereocenters. The van der Waals surface area contributed by atoms with E-state index in [1.807, 2.05) is 24.3 Å². The number of benzene rings is 2. The average molecular weight is 312 g/mol. The maximum absolute atomic E-state index is 11.8. The van der Waals surface area contributed by atoms with E-state index in [9.17, 15) is 14.9 Å². The minimum Gasteiger partial charge on any atom is -0.497 e. The van der Waals surface area contributed by atoms with Crippen LogP contribution in [-0.4, -0.2) is 17.9 Å². The fourth-order valence-corrected chi connectivity index (χ4v) is 1.91. The van der Waals surface area contributed by atoms with Gasteiger partial charge >= 0.3 is 0 Å². The van der Waals surface area contributed by atoms with E-state index in [2.05, 4.69) is 5.32 Å². The summed E-state index contributed by atoms with van der Waals surface area (Å²) < 4.78 is 5.12. The largest absolute Gasteiger partial charge is 0.497 e. The lowest BCUT2D eigenvalue weighted by molar-refractivity contribution is -0.384. The third kappa shape index (κ3) is 4.96. The quantitative estimate of drug-likeness (QED) is 0.505. The minimum atomic E-state index is -0.464. The van der Waals surface area contributed by atoms with Gasteiger partial charge in [-0.25, -0.2) is 0 Å². The maximum Gasteiger partial charge on any atom is 0.269 e. The molecule has 0 radical (unpaired) electrons. The van der Waals surface area contributed by atoms with Crippen molar-refractivity contribution in [1.82, 2.24) is 5.32 Å². The number of ether oxygens (including phenoxy) is 1. The van der Waals surface area contributed by atoms with Crippen molar-refractivity contribution >= 4 is 17.7 Å². The number of carbonyl (C=O) groups is 1. The molecule has 6 heteroatoms. The van der Waals surface area contributed by atoms with Gasteiger partial charge < -0.3 is 10.1 Å². The van der Waals surface area contributed by atoms with Crippen molar-refractivity contribution in [3.63, 3.8) is 0 Å². The molecule has 0 fully saturated rings. The number of non-ortho nitro benzene ring substituents is 1. The van der Waals surface area contributed by atoms with E-state index in [0.29, 0.717) is 12.1 Å². The standard InChI is InChI=1S/C17H16N2O4/c1-23-16-4-2-3-14(11-16)12-18-17(20)10-7-13-5-8-15(9-6-13)19(21)22/h2-11H,12H2,1H3,(H,18,20)/b10-7+. The number of nitro groups is 1. The van der Waals surface area contributed by atoms with Crippen LogP contribution in [-0.2, 0) is 11.3 Å². The van der Waals surface area contributed by atoms with E-state index in [-0.39, 0.29) is 11.6 Å². The Bertz CT molecular complexity index is 724. The number of hydrogen-bond acceptors (Lipinski definition) is 4. The van der Waals surface area contributed by atoms with Crippen molar-refractivity contribution in [3.8, 4) is 5.75 Å². The van der Waals surface area contributed by atoms with Crippen LogP contribution in [0.25, 0.3) is 6.08 Å². The fraction of sp³-hybridized carbons (Fsp3) is 0.118. The number of amides is 1. The second-order valence-electron chi connectivity index (χ2n) is 4.75. The van der Waals surface area contributed by atoms with Crippen molar-refractivity contribution < 1.29 is 14.5 Å². The second kappa shape index (κ2) is 7.74. The van der Waals surface area contributed by atoms with Crippen LogP contribution in [0.3, 0.4) is 0 Å². The summed E-state index contributed by atoms with van der Waals surface area (Å²) in [5, 5.41) is 13.3. The smallest absolute Gasteiger partial charge is 0.269 e. The van der Waals surface area contributed by atoms with Gasteiger partial charge in [0.25, 0.3) is 5.69 Å². The molecule has 2 aromatic rings. The molecule has 23 heavy (non-hydrogen) atoms. The fourth-order valence-electron chi connectivity index (χ4n) is 1.91. The number of rotatable bonds is 6. The van der Waals surface area contributed by atoms with Gasteiger partial charge in [-0.15, -0.1) is 0 Å². The summed E-state index contributed by atoms with van der Waals surface area (Å²) in [5.74, 6) is 0.490. The zero-order valence-electron chi connectivity index (χ0n) is 12.6. The summed E-state index contributed by atoms with van der Waals surface area (Å²) in [7, 11) is 1.59. The van der Waals surface area contributed by atoms with Crippen molar-refractivity contribution in [2.24, 2.45) is 0 Å². The summed E-state index contributed by atoms with van der Waals surface area (Å²) in [6, 6.07) is 13.4. The monoisotopic (exact) mass is 312 g/mol. The third-order valence-corrected chi connectivity index (χ3v) is 3.13. The molecule has 0 aliphatic heterocycles. The normalized spacial score (nSPS) is 10.5. The van der Waals surface area contributed by atoms with Gasteiger partial charge in [-0.1, -0.05) is 12.1 Å². The van der Waals surface area contributed by atoms with Gasteiger partial charge in [-0.05, 0) is 41.5 Å². The van der Waals surface area contributed by atoms with Crippen molar-refractivity contribution in [1.29, 1.82) is 0 Å². The first-order chi connectivity index (χ1) is 11.1. The number of carbonyl (C=O) groups excluding carboxylic acids is 1. The highest BCUT2D eigenvalue weighted by atomic mass is 16.6. The summed E-state index contributed by atoms with van der Waals surface area (Å²) >= 11 is 0. The molecule has 0 spiro atoms. The van der Waals surface area contributed by atoms with Crippen LogP contribution in [0.4, 0.5) is 5.69 Å². The van der Waals surface area contributed by atoms with E-state index in [1.165, 1.54) is 18.2 Å². The number of methoxy groups -OCH3 is 1. The van der Waals surface area contributed by atoms with Gasteiger partial charge in [0.15, 0.2) is 0 Å². The van der Waals surface area contributed by atoms with E-state index < -0.39 is 4.92 Å². The van der Waals surface area contributed by atoms with Crippen LogP contribution in [0, 0.1) is 10.1 Å². The molecule has 118 valence electrons. The Morgan fingerprint density at radius 2 is 2.00 bits per heavy atom. The van der Waals surface area contributed by atoms with Crippen molar-refractivity contribution in [3.05, 3.63) is 75.8 Å². The van der Waals surface area contributed by atoms with Gasteiger partial charge in [0.1, 0.15) is 5.75 Å². The summed E-state index contributed by atoms with van der Waals surface area (Å²) in [5.41, 5.74) is 1.66. The van der Waals surface area contributed by atoms with E-state index in [0.717, 1.165) is 11.3 Å². The summed E-state index contributed by atoms with van der Waals surface area (Å²) in [4.78, 5) is 21.9. The molecule has 0 bridgehead atoms. The number of nitro benzene ring substituents is 1. The van der Waals surface area contributed by atoms with Crippen LogP contribution in [0.1, 0.15) is 11.1 Å². The Kier molecular flexibility index (Phi) is 5.46. The van der Waals surface area contributed by atoms with Crippen LogP contribution in [0.5, 0.6) is 5.75 Å². The molecule has 6 nitrogen and oxygen atoms in total. The molecule has 0 heterocycles. The first-order valence-corrected chi connectivity index (χ1v) is 6.92. The molecule has 0 aliphatic carbocycles. The van der Waals surface area contributed by atoms with Crippen LogP contribution < -0.4 is 10.1 Å². The summed E-state index contributed by atoms with van der Waals surface area (Å²) in [6.07, 6.45) is 2.99. The predicted octanol–water partition coefficient (Wildman–Crippen LogP) is 2.93. The molecular weight excluding hydrogens is 296 g/mol. The maximum atomic E-state index is 11.8. The van der Waals surface area contributed by atoms with Crippen LogP contribution in [0.2, 0.25) is 0 Å². The Morgan fingerprint density at radius 3 is 2.65 bits per heavy atom. The van der Waals surface area contributed by atoms with E-state index in [1.54, 1.807) is 25.3 Å². The lowest BCUT2D eigenvalue weighted by Gasteiger charge is -2.05. The molecule has 2 aromatic carbocycles. The first-order valence-electron chi connectivity index (χ1n) is 6.92. The highest BCUT2D eigenvalue weighted by molar-refractivity contribution is 5.91. The minimum absolute atomic E-state index is 0.0182. The molecular formula is C17H16N2O4. The van der Waals surface area contributed by atoms with Crippen LogP contribution in [0.15, 0.2) is 54.6 Å². The van der Waals surface area contributed by atoms with E-state index in [4.69, 9.17) is 4.74 Å². The molecule has 0 aliphatic rings. The SMILES string of the molecule is COc1cccc(CNC(=O)/C=C/c2ccc([N+](=O)[O-])cc2)c1. The van der Waals surface area contributed by atoms with Crippen molar-refractivity contribution in [2.75, 3.05) is 7.11 Å². The van der Waals surface area contributed by atoms with E-state index >= 15 is 0 Å². The zero-order valence-corrected chi connectivity index (χ0v) is 12.6.